The summed E-state index contributed by atoms with van der Waals surface area (Å²) in [4.78, 5) is 15.8. The molecular formula is C30H44N4O7S. The number of benzene rings is 2. The number of anilines is 1. The molecule has 3 unspecified atom stereocenters. The van der Waals surface area contributed by atoms with Crippen molar-refractivity contribution in [1.29, 1.82) is 0 Å². The van der Waals surface area contributed by atoms with Gasteiger partial charge in [0.15, 0.2) is 0 Å². The molecule has 232 valence electrons. The first-order valence-corrected chi connectivity index (χ1v) is 16.0. The molecule has 2 aromatic carbocycles. The predicted molar refractivity (Wildman–Crippen MR) is 159 cm³/mol. The van der Waals surface area contributed by atoms with Gasteiger partial charge in [0.1, 0.15) is 6.10 Å². The first-order valence-electron chi connectivity index (χ1n) is 14.6. The van der Waals surface area contributed by atoms with E-state index in [-0.39, 0.29) is 41.7 Å². The van der Waals surface area contributed by atoms with Gasteiger partial charge in [0.25, 0.3) is 10.0 Å². The topological polar surface area (TPSA) is 163 Å². The maximum Gasteiger partial charge on any atom is 0.407 e. The monoisotopic (exact) mass is 604 g/mol. The van der Waals surface area contributed by atoms with Crippen LogP contribution < -0.4 is 15.9 Å². The second-order valence-corrected chi connectivity index (χ2v) is 13.5. The Balaban J connectivity index is 1.49. The van der Waals surface area contributed by atoms with Crippen LogP contribution in [0.2, 0.25) is 0 Å². The normalized spacial score (nSPS) is 23.6. The van der Waals surface area contributed by atoms with E-state index in [9.17, 15) is 23.4 Å². The zero-order chi connectivity index (χ0) is 30.3. The molecule has 4 rings (SSSR count). The number of amides is 1. The van der Waals surface area contributed by atoms with Crippen LogP contribution in [0, 0.1) is 23.7 Å². The van der Waals surface area contributed by atoms with Gasteiger partial charge in [0, 0.05) is 43.8 Å². The van der Waals surface area contributed by atoms with Gasteiger partial charge in [0.05, 0.1) is 23.6 Å². The third-order valence-electron chi connectivity index (χ3n) is 8.11. The van der Waals surface area contributed by atoms with Crippen molar-refractivity contribution >= 4 is 21.8 Å². The number of hydrogen-bond donors (Lipinski definition) is 5. The fourth-order valence-corrected chi connectivity index (χ4v) is 6.83. The van der Waals surface area contributed by atoms with Crippen LogP contribution in [0.3, 0.4) is 0 Å². The van der Waals surface area contributed by atoms with Crippen LogP contribution in [-0.2, 0) is 25.9 Å². The number of aliphatic hydroxyl groups is 2. The predicted octanol–water partition coefficient (Wildman–Crippen LogP) is 2.15. The number of hydrazine groups is 1. The summed E-state index contributed by atoms with van der Waals surface area (Å²) in [6, 6.07) is 14.5. The molecule has 12 heteroatoms. The van der Waals surface area contributed by atoms with Gasteiger partial charge >= 0.3 is 6.09 Å². The summed E-state index contributed by atoms with van der Waals surface area (Å²) in [6.45, 7) is 5.31. The second kappa shape index (κ2) is 14.6. The zero-order valence-electron chi connectivity index (χ0n) is 24.3. The van der Waals surface area contributed by atoms with Crippen molar-refractivity contribution in [1.82, 2.24) is 15.2 Å². The summed E-state index contributed by atoms with van der Waals surface area (Å²) in [5, 5.41) is 25.6. The van der Waals surface area contributed by atoms with Crippen molar-refractivity contribution < 1.29 is 32.9 Å². The van der Waals surface area contributed by atoms with Gasteiger partial charge in [-0.1, -0.05) is 44.2 Å². The highest BCUT2D eigenvalue weighted by atomic mass is 32.2. The number of alkyl carbamates (subject to hydrolysis) is 1. The zero-order valence-corrected chi connectivity index (χ0v) is 25.1. The minimum absolute atomic E-state index is 0.0275. The van der Waals surface area contributed by atoms with Crippen LogP contribution in [0.5, 0.6) is 0 Å². The van der Waals surface area contributed by atoms with Crippen molar-refractivity contribution in [3.63, 3.8) is 0 Å². The largest absolute Gasteiger partial charge is 0.445 e. The van der Waals surface area contributed by atoms with Crippen molar-refractivity contribution in [2.75, 3.05) is 38.6 Å². The van der Waals surface area contributed by atoms with Crippen LogP contribution >= 0.6 is 0 Å². The van der Waals surface area contributed by atoms with E-state index in [0.717, 1.165) is 12.0 Å². The van der Waals surface area contributed by atoms with Gasteiger partial charge in [0.2, 0.25) is 0 Å². The average molecular weight is 605 g/mol. The summed E-state index contributed by atoms with van der Waals surface area (Å²) in [5.74, 6) is 0.392. The Kier molecular flexibility index (Phi) is 11.2. The number of nitrogens with two attached hydrogens (primary N) is 1. The SMILES string of the molecule is CC(C)CCN(C[C@@H](O)[C@H](Cc1ccccc1)NC(=O)OC1C2COCC2C[C@@H]1CO)NS(=O)(=O)c1ccc(N)cc1. The number of nitrogen functional groups attached to an aromatic ring is 1. The number of aliphatic hydroxyl groups excluding tert-OH is 2. The molecule has 1 amide bonds. The number of sulfonamides is 1. The van der Waals surface area contributed by atoms with Crippen LogP contribution in [-0.4, -0.2) is 80.9 Å². The first kappa shape index (κ1) is 32.2. The van der Waals surface area contributed by atoms with Crippen molar-refractivity contribution in [3.8, 4) is 0 Å². The summed E-state index contributed by atoms with van der Waals surface area (Å²) in [7, 11) is -3.95. The lowest BCUT2D eigenvalue weighted by Gasteiger charge is -2.31. The Bertz CT molecular complexity index is 1250. The van der Waals surface area contributed by atoms with E-state index in [1.807, 2.05) is 44.2 Å². The van der Waals surface area contributed by atoms with Crippen LogP contribution in [0.4, 0.5) is 10.5 Å². The molecule has 1 saturated carbocycles. The molecule has 0 radical (unpaired) electrons. The Morgan fingerprint density at radius 2 is 1.86 bits per heavy atom. The molecule has 0 bridgehead atoms. The van der Waals surface area contributed by atoms with E-state index in [1.54, 1.807) is 0 Å². The Hall–Kier alpha value is -2.74. The van der Waals surface area contributed by atoms with Crippen molar-refractivity contribution in [3.05, 3.63) is 60.2 Å². The van der Waals surface area contributed by atoms with Gasteiger partial charge in [-0.15, -0.1) is 4.83 Å². The standard InChI is InChI=1S/C30H44N4O7S/c1-20(2)12-13-34(33-42(38,39)25-10-8-24(31)9-11-25)16-28(36)27(14-21-6-4-3-5-7-21)32-30(37)41-29-22(17-35)15-23-18-40-19-26(23)29/h3-11,20,22-23,26-29,33,35-36H,12-19,31H2,1-2H3,(H,32,37)/t22-,23?,26?,27+,28-,29?/m1/s1. The highest BCUT2D eigenvalue weighted by molar-refractivity contribution is 7.89. The maximum absolute atomic E-state index is 13.2. The molecule has 6 atom stereocenters. The number of fused-ring (bicyclic) bond motifs is 1. The van der Waals surface area contributed by atoms with Crippen molar-refractivity contribution in [2.24, 2.45) is 23.7 Å². The van der Waals surface area contributed by atoms with Crippen molar-refractivity contribution in [2.45, 2.75) is 56.3 Å². The van der Waals surface area contributed by atoms with E-state index in [2.05, 4.69) is 10.1 Å². The lowest BCUT2D eigenvalue weighted by Crippen LogP contribution is -2.54. The third-order valence-corrected chi connectivity index (χ3v) is 9.50. The van der Waals surface area contributed by atoms with Crippen LogP contribution in [0.15, 0.2) is 59.5 Å². The first-order chi connectivity index (χ1) is 20.1. The Morgan fingerprint density at radius 3 is 2.52 bits per heavy atom. The molecule has 2 fully saturated rings. The molecule has 2 aliphatic rings. The second-order valence-electron chi connectivity index (χ2n) is 11.8. The van der Waals surface area contributed by atoms with E-state index in [0.29, 0.717) is 38.3 Å². The number of ether oxygens (including phenoxy) is 2. The van der Waals surface area contributed by atoms with Gasteiger partial charge in [-0.25, -0.2) is 18.2 Å². The third kappa shape index (κ3) is 8.65. The molecule has 6 N–H and O–H groups in total. The fourth-order valence-electron chi connectivity index (χ4n) is 5.73. The highest BCUT2D eigenvalue weighted by Gasteiger charge is 2.48. The average Bonchev–Trinajstić information content (AvgIpc) is 3.54. The molecule has 1 aliphatic heterocycles. The van der Waals surface area contributed by atoms with Gasteiger partial charge in [-0.3, -0.25) is 0 Å². The fraction of sp³-hybridized carbons (Fsp3) is 0.567. The smallest absolute Gasteiger partial charge is 0.407 e. The maximum atomic E-state index is 13.2. The minimum Gasteiger partial charge on any atom is -0.445 e. The van der Waals surface area contributed by atoms with E-state index < -0.39 is 34.4 Å². The Morgan fingerprint density at radius 1 is 1.14 bits per heavy atom. The molecular weight excluding hydrogens is 560 g/mol. The molecule has 11 nitrogen and oxygen atoms in total. The van der Waals surface area contributed by atoms with E-state index >= 15 is 0 Å². The van der Waals surface area contributed by atoms with Gasteiger partial charge in [-0.05, 0) is 60.9 Å². The van der Waals surface area contributed by atoms with Gasteiger partial charge < -0.3 is 30.7 Å². The number of carbonyl (C=O) groups excluding carboxylic acids is 1. The molecule has 1 aliphatic carbocycles. The molecule has 1 saturated heterocycles. The van der Waals surface area contributed by atoms with Crippen LogP contribution in [0.25, 0.3) is 0 Å². The highest BCUT2D eigenvalue weighted by Crippen LogP contribution is 2.42. The minimum atomic E-state index is -3.95. The molecule has 0 spiro atoms. The molecule has 42 heavy (non-hydrogen) atoms. The quantitative estimate of drug-likeness (QED) is 0.161. The summed E-state index contributed by atoms with van der Waals surface area (Å²) < 4.78 is 37.7. The molecule has 2 aromatic rings. The number of nitrogens with one attached hydrogen (secondary N) is 2. The number of carbonyl (C=O) groups is 1. The van der Waals surface area contributed by atoms with E-state index in [4.69, 9.17) is 15.2 Å². The molecule has 1 heterocycles. The number of rotatable bonds is 14. The number of hydrogen-bond acceptors (Lipinski definition) is 9. The van der Waals surface area contributed by atoms with Gasteiger partial charge in [-0.2, -0.15) is 0 Å². The summed E-state index contributed by atoms with van der Waals surface area (Å²) in [5.41, 5.74) is 7.06. The molecule has 0 aromatic heterocycles. The number of nitrogens with zero attached hydrogens (tertiary/aromatic N) is 1. The van der Waals surface area contributed by atoms with E-state index in [1.165, 1.54) is 29.3 Å². The lowest BCUT2D eigenvalue weighted by molar-refractivity contribution is 0.0126. The summed E-state index contributed by atoms with van der Waals surface area (Å²) >= 11 is 0. The van der Waals surface area contributed by atoms with Crippen LogP contribution in [0.1, 0.15) is 32.3 Å². The lowest BCUT2D eigenvalue weighted by atomic mass is 9.99. The summed E-state index contributed by atoms with van der Waals surface area (Å²) in [6.07, 6.45) is -0.630. The Labute approximate surface area is 248 Å².